The van der Waals surface area contributed by atoms with Crippen LogP contribution in [0.25, 0.3) is 0 Å². The quantitative estimate of drug-likeness (QED) is 0.282. The molecule has 1 N–H and O–H groups in total. The predicted octanol–water partition coefficient (Wildman–Crippen LogP) is 5.85. The van der Waals surface area contributed by atoms with Gasteiger partial charge in [-0.2, -0.15) is 0 Å². The van der Waals surface area contributed by atoms with Crippen molar-refractivity contribution in [3.8, 4) is 5.75 Å². The number of methoxy groups -OCH3 is 1. The van der Waals surface area contributed by atoms with Gasteiger partial charge >= 0.3 is 0 Å². The van der Waals surface area contributed by atoms with Crippen molar-refractivity contribution in [1.82, 2.24) is 4.90 Å². The summed E-state index contributed by atoms with van der Waals surface area (Å²) in [5, 5.41) is 2.96. The zero-order valence-electron chi connectivity index (χ0n) is 22.3. The minimum absolute atomic E-state index is 0.0561. The maximum Gasteiger partial charge on any atom is 0.251 e. The van der Waals surface area contributed by atoms with Crippen molar-refractivity contribution in [1.29, 1.82) is 0 Å². The number of carbonyl (C=O) groups is 2. The van der Waals surface area contributed by atoms with E-state index in [0.717, 1.165) is 11.3 Å². The molecule has 0 spiro atoms. The third-order valence-electron chi connectivity index (χ3n) is 6.44. The maximum atomic E-state index is 14.8. The van der Waals surface area contributed by atoms with Crippen molar-refractivity contribution in [2.24, 2.45) is 0 Å². The molecule has 2 amide bonds. The molecule has 0 bridgehead atoms. The largest absolute Gasteiger partial charge is 0.497 e. The lowest BCUT2D eigenvalue weighted by molar-refractivity contribution is -0.139. The second-order valence-electron chi connectivity index (χ2n) is 9.39. The third kappa shape index (κ3) is 7.02. The number of rotatable bonds is 10. The lowest BCUT2D eigenvalue weighted by Gasteiger charge is -2.32. The Kier molecular flexibility index (Phi) is 8.94. The highest BCUT2D eigenvalue weighted by molar-refractivity contribution is 5.98. The molecule has 0 aromatic heterocycles. The van der Waals surface area contributed by atoms with Gasteiger partial charge < -0.3 is 19.9 Å². The summed E-state index contributed by atoms with van der Waals surface area (Å²) < 4.78 is 20.2. The summed E-state index contributed by atoms with van der Waals surface area (Å²) in [6.45, 7) is -0.0901. The Morgan fingerprint density at radius 2 is 1.56 bits per heavy atom. The van der Waals surface area contributed by atoms with E-state index in [2.05, 4.69) is 5.32 Å². The molecule has 0 saturated heterocycles. The van der Waals surface area contributed by atoms with Crippen molar-refractivity contribution in [2.45, 2.75) is 19.0 Å². The highest BCUT2D eigenvalue weighted by Crippen LogP contribution is 2.29. The number of anilines is 2. The van der Waals surface area contributed by atoms with Gasteiger partial charge in [0.2, 0.25) is 5.91 Å². The number of amides is 2. The topological polar surface area (TPSA) is 61.9 Å². The van der Waals surface area contributed by atoms with Crippen LogP contribution in [0.15, 0.2) is 103 Å². The van der Waals surface area contributed by atoms with Gasteiger partial charge in [-0.25, -0.2) is 4.39 Å². The smallest absolute Gasteiger partial charge is 0.251 e. The van der Waals surface area contributed by atoms with Crippen molar-refractivity contribution < 1.29 is 18.7 Å². The molecule has 0 saturated carbocycles. The van der Waals surface area contributed by atoms with E-state index in [9.17, 15) is 14.0 Å². The molecular weight excluding hydrogens is 493 g/mol. The number of nitrogens with one attached hydrogen (secondary N) is 1. The van der Waals surface area contributed by atoms with Crippen molar-refractivity contribution >= 4 is 23.2 Å². The summed E-state index contributed by atoms with van der Waals surface area (Å²) in [7, 11) is 5.41. The summed E-state index contributed by atoms with van der Waals surface area (Å²) >= 11 is 0. The summed E-state index contributed by atoms with van der Waals surface area (Å²) in [5.41, 5.74) is 3.23. The number of ether oxygens (including phenoxy) is 1. The van der Waals surface area contributed by atoms with E-state index >= 15 is 0 Å². The van der Waals surface area contributed by atoms with Crippen molar-refractivity contribution in [2.75, 3.05) is 31.4 Å². The highest BCUT2D eigenvalue weighted by Gasteiger charge is 2.32. The van der Waals surface area contributed by atoms with Gasteiger partial charge in [0.15, 0.2) is 0 Å². The average Bonchev–Trinajstić information content (AvgIpc) is 2.94. The van der Waals surface area contributed by atoms with Crippen LogP contribution < -0.4 is 15.0 Å². The second-order valence-corrected chi connectivity index (χ2v) is 9.39. The molecule has 1 atom stereocenters. The van der Waals surface area contributed by atoms with Gasteiger partial charge in [0, 0.05) is 37.6 Å². The van der Waals surface area contributed by atoms with Gasteiger partial charge in [-0.15, -0.1) is 0 Å². The third-order valence-corrected chi connectivity index (χ3v) is 6.44. The van der Waals surface area contributed by atoms with Crippen LogP contribution in [-0.2, 0) is 22.6 Å². The summed E-state index contributed by atoms with van der Waals surface area (Å²) in [4.78, 5) is 31.2. The van der Waals surface area contributed by atoms with Gasteiger partial charge in [0.1, 0.15) is 17.6 Å². The Morgan fingerprint density at radius 3 is 2.23 bits per heavy atom. The molecule has 0 fully saturated rings. The Morgan fingerprint density at radius 1 is 0.872 bits per heavy atom. The van der Waals surface area contributed by atoms with Gasteiger partial charge in [-0.1, -0.05) is 60.7 Å². The van der Waals surface area contributed by atoms with E-state index < -0.39 is 17.8 Å². The molecule has 4 aromatic carbocycles. The van der Waals surface area contributed by atoms with Crippen LogP contribution in [0.2, 0.25) is 0 Å². The fraction of sp³-hybridized carbons (Fsp3) is 0.188. The van der Waals surface area contributed by atoms with Crippen LogP contribution in [-0.4, -0.2) is 37.9 Å². The van der Waals surface area contributed by atoms with Crippen LogP contribution in [0, 0.1) is 5.82 Å². The fourth-order valence-corrected chi connectivity index (χ4v) is 4.34. The van der Waals surface area contributed by atoms with E-state index in [-0.39, 0.29) is 18.9 Å². The number of halogens is 1. The van der Waals surface area contributed by atoms with Gasteiger partial charge in [-0.05, 0) is 53.6 Å². The molecule has 39 heavy (non-hydrogen) atoms. The maximum absolute atomic E-state index is 14.8. The molecule has 0 aliphatic carbocycles. The molecule has 200 valence electrons. The van der Waals surface area contributed by atoms with Crippen LogP contribution in [0.3, 0.4) is 0 Å². The summed E-state index contributed by atoms with van der Waals surface area (Å²) in [6, 6.07) is 29.0. The van der Waals surface area contributed by atoms with E-state index in [4.69, 9.17) is 4.74 Å². The number of benzene rings is 4. The van der Waals surface area contributed by atoms with Gasteiger partial charge in [0.05, 0.1) is 13.5 Å². The van der Waals surface area contributed by atoms with Gasteiger partial charge in [-0.3, -0.25) is 9.59 Å². The first kappa shape index (κ1) is 27.4. The SMILES string of the molecule is COc1cccc(C(C(=O)Nc2ccc(N(C)C)cc2)N(Cc2ccccc2F)C(=O)Cc2ccccc2)c1. The zero-order chi connectivity index (χ0) is 27.8. The van der Waals surface area contributed by atoms with E-state index in [0.29, 0.717) is 22.6 Å². The first-order chi connectivity index (χ1) is 18.9. The summed E-state index contributed by atoms with van der Waals surface area (Å²) in [5.74, 6) is -0.630. The van der Waals surface area contributed by atoms with Crippen molar-refractivity contribution in [3.63, 3.8) is 0 Å². The van der Waals surface area contributed by atoms with E-state index in [1.54, 1.807) is 42.5 Å². The summed E-state index contributed by atoms with van der Waals surface area (Å²) in [6.07, 6.45) is 0.0561. The molecule has 0 aliphatic rings. The minimum Gasteiger partial charge on any atom is -0.497 e. The van der Waals surface area contributed by atoms with E-state index in [1.807, 2.05) is 73.6 Å². The normalized spacial score (nSPS) is 11.4. The molecule has 4 aromatic rings. The fourth-order valence-electron chi connectivity index (χ4n) is 4.34. The zero-order valence-corrected chi connectivity index (χ0v) is 22.3. The van der Waals surface area contributed by atoms with Gasteiger partial charge in [0.25, 0.3) is 5.91 Å². The first-order valence-electron chi connectivity index (χ1n) is 12.6. The standard InChI is InChI=1S/C32H32FN3O3/c1-35(2)27-18-16-26(17-19-27)34-32(38)31(24-13-9-14-28(21-24)39-3)36(22-25-12-7-8-15-29(25)33)30(37)20-23-10-5-4-6-11-23/h4-19,21,31H,20,22H2,1-3H3,(H,34,38). The van der Waals surface area contributed by atoms with Crippen LogP contribution in [0.5, 0.6) is 5.75 Å². The average molecular weight is 526 g/mol. The lowest BCUT2D eigenvalue weighted by Crippen LogP contribution is -2.41. The van der Waals surface area contributed by atoms with Crippen LogP contribution in [0.1, 0.15) is 22.7 Å². The molecule has 0 radical (unpaired) electrons. The predicted molar refractivity (Wildman–Crippen MR) is 152 cm³/mol. The van der Waals surface area contributed by atoms with Crippen LogP contribution >= 0.6 is 0 Å². The second kappa shape index (κ2) is 12.7. The van der Waals surface area contributed by atoms with E-state index in [1.165, 1.54) is 18.1 Å². The molecular formula is C32H32FN3O3. The Hall–Kier alpha value is -4.65. The Balaban J connectivity index is 1.76. The monoisotopic (exact) mass is 525 g/mol. The number of hydrogen-bond acceptors (Lipinski definition) is 4. The Bertz CT molecular complexity index is 1410. The first-order valence-corrected chi connectivity index (χ1v) is 12.6. The number of hydrogen-bond donors (Lipinski definition) is 1. The lowest BCUT2D eigenvalue weighted by atomic mass is 10.0. The molecule has 1 unspecified atom stereocenters. The number of nitrogens with zero attached hydrogens (tertiary/aromatic N) is 2. The van der Waals surface area contributed by atoms with Crippen LogP contribution in [0.4, 0.5) is 15.8 Å². The number of carbonyl (C=O) groups excluding carboxylic acids is 2. The minimum atomic E-state index is -1.05. The molecule has 0 aliphatic heterocycles. The van der Waals surface area contributed by atoms with Crippen molar-refractivity contribution in [3.05, 3.63) is 126 Å². The molecule has 6 nitrogen and oxygen atoms in total. The Labute approximate surface area is 228 Å². The molecule has 7 heteroatoms. The molecule has 4 rings (SSSR count). The highest BCUT2D eigenvalue weighted by atomic mass is 19.1. The molecule has 0 heterocycles.